The van der Waals surface area contributed by atoms with E-state index in [0.29, 0.717) is 17.5 Å². The first-order chi connectivity index (χ1) is 13.5. The highest BCUT2D eigenvalue weighted by Crippen LogP contribution is 2.57. The van der Waals surface area contributed by atoms with Gasteiger partial charge in [-0.2, -0.15) is 5.10 Å². The van der Waals surface area contributed by atoms with Crippen molar-refractivity contribution in [3.05, 3.63) is 65.1 Å². The Morgan fingerprint density at radius 3 is 2.93 bits per heavy atom. The van der Waals surface area contributed by atoms with Gasteiger partial charge in [0.2, 0.25) is 5.88 Å². The molecule has 1 aromatic carbocycles. The molecule has 1 N–H and O–H groups in total. The molecule has 2 aromatic heterocycles. The number of pyridine rings is 1. The lowest BCUT2D eigenvalue weighted by molar-refractivity contribution is 0.102. The topological polar surface area (TPSA) is 69.0 Å². The quantitative estimate of drug-likeness (QED) is 0.750. The van der Waals surface area contributed by atoms with Gasteiger partial charge >= 0.3 is 0 Å². The lowest BCUT2D eigenvalue weighted by atomic mass is 10.1. The van der Waals surface area contributed by atoms with Crippen molar-refractivity contribution < 1.29 is 18.3 Å². The average molecular weight is 382 g/mol. The number of nitrogens with one attached hydrogen (secondary N) is 1. The standard InChI is InChI=1S/C20H16F2N4O2/c1-28-17-9-12(4-5-23-17)24-20(27)18-14-7-10-6-13(10)19(14)26(25-18)16-3-2-11(21)8-15(16)22/h2-5,8-10,13H,6-7H2,1H3,(H,23,24,27)/t10-,13-/m1/s1. The molecule has 5 rings (SSSR count). The van der Waals surface area contributed by atoms with Crippen LogP contribution in [0.5, 0.6) is 5.88 Å². The molecule has 0 aliphatic heterocycles. The Hall–Kier alpha value is -3.29. The van der Waals surface area contributed by atoms with Crippen LogP contribution in [-0.4, -0.2) is 27.8 Å². The van der Waals surface area contributed by atoms with Gasteiger partial charge in [0, 0.05) is 35.5 Å². The zero-order valence-corrected chi connectivity index (χ0v) is 14.9. The molecular formula is C20H16F2N4O2. The van der Waals surface area contributed by atoms with Gasteiger partial charge in [-0.05, 0) is 37.0 Å². The van der Waals surface area contributed by atoms with E-state index in [1.165, 1.54) is 30.1 Å². The monoisotopic (exact) mass is 382 g/mol. The number of methoxy groups -OCH3 is 1. The number of ether oxygens (including phenoxy) is 1. The van der Waals surface area contributed by atoms with E-state index in [-0.39, 0.29) is 23.2 Å². The molecule has 0 radical (unpaired) electrons. The highest BCUT2D eigenvalue weighted by molar-refractivity contribution is 6.04. The van der Waals surface area contributed by atoms with Crippen molar-refractivity contribution in [2.24, 2.45) is 5.92 Å². The SMILES string of the molecule is COc1cc(NC(=O)c2nn(-c3ccc(F)cc3F)c3c2C[C@H]2C[C@@H]32)ccn1. The summed E-state index contributed by atoms with van der Waals surface area (Å²) >= 11 is 0. The predicted octanol–water partition coefficient (Wildman–Crippen LogP) is 3.47. The van der Waals surface area contributed by atoms with Gasteiger partial charge in [-0.25, -0.2) is 18.4 Å². The van der Waals surface area contributed by atoms with Crippen molar-refractivity contribution in [2.75, 3.05) is 12.4 Å². The molecule has 6 nitrogen and oxygen atoms in total. The first-order valence-electron chi connectivity index (χ1n) is 8.93. The Morgan fingerprint density at radius 1 is 1.29 bits per heavy atom. The molecule has 8 heteroatoms. The normalized spacial score (nSPS) is 19.1. The van der Waals surface area contributed by atoms with Gasteiger partial charge in [-0.3, -0.25) is 4.79 Å². The number of carbonyl (C=O) groups is 1. The molecule has 28 heavy (non-hydrogen) atoms. The minimum atomic E-state index is -0.708. The molecule has 2 heterocycles. The van der Waals surface area contributed by atoms with Crippen molar-refractivity contribution in [2.45, 2.75) is 18.8 Å². The number of halogens is 2. The largest absolute Gasteiger partial charge is 0.481 e. The van der Waals surface area contributed by atoms with E-state index in [1.54, 1.807) is 12.1 Å². The maximum absolute atomic E-state index is 14.4. The fourth-order valence-electron chi connectivity index (χ4n) is 3.92. The number of amides is 1. The molecule has 2 aliphatic carbocycles. The molecule has 2 aliphatic rings. The fourth-order valence-corrected chi connectivity index (χ4v) is 3.92. The molecule has 1 fully saturated rings. The number of nitrogens with zero attached hydrogens (tertiary/aromatic N) is 3. The van der Waals surface area contributed by atoms with Crippen LogP contribution in [0.15, 0.2) is 36.5 Å². The van der Waals surface area contributed by atoms with Gasteiger partial charge in [0.25, 0.3) is 5.91 Å². The number of anilines is 1. The number of hydrogen-bond acceptors (Lipinski definition) is 4. The number of carbonyl (C=O) groups excluding carboxylic acids is 1. The summed E-state index contributed by atoms with van der Waals surface area (Å²) in [7, 11) is 1.49. The molecule has 0 unspecified atom stereocenters. The minimum absolute atomic E-state index is 0.148. The third kappa shape index (κ3) is 2.64. The second-order valence-corrected chi connectivity index (χ2v) is 7.07. The smallest absolute Gasteiger partial charge is 0.276 e. The fraction of sp³-hybridized carbons (Fsp3) is 0.250. The molecule has 2 atom stereocenters. The summed E-state index contributed by atoms with van der Waals surface area (Å²) in [6.45, 7) is 0. The van der Waals surface area contributed by atoms with E-state index in [9.17, 15) is 13.6 Å². The van der Waals surface area contributed by atoms with Crippen molar-refractivity contribution in [1.82, 2.24) is 14.8 Å². The highest BCUT2D eigenvalue weighted by atomic mass is 19.1. The van der Waals surface area contributed by atoms with Crippen LogP contribution < -0.4 is 10.1 Å². The van der Waals surface area contributed by atoms with E-state index in [2.05, 4.69) is 15.4 Å². The molecule has 142 valence electrons. The molecular weight excluding hydrogens is 366 g/mol. The molecule has 1 amide bonds. The molecule has 1 saturated carbocycles. The summed E-state index contributed by atoms with van der Waals surface area (Å²) in [5, 5.41) is 7.20. The first kappa shape index (κ1) is 16.9. The van der Waals surface area contributed by atoms with Crippen LogP contribution in [0.3, 0.4) is 0 Å². The zero-order chi connectivity index (χ0) is 19.4. The summed E-state index contributed by atoms with van der Waals surface area (Å²) in [6, 6.07) is 6.62. The summed E-state index contributed by atoms with van der Waals surface area (Å²) in [6.07, 6.45) is 3.27. The van der Waals surface area contributed by atoms with E-state index < -0.39 is 11.6 Å². The van der Waals surface area contributed by atoms with Crippen LogP contribution in [0.2, 0.25) is 0 Å². The Bertz CT molecular complexity index is 1110. The van der Waals surface area contributed by atoms with Crippen LogP contribution in [0.4, 0.5) is 14.5 Å². The van der Waals surface area contributed by atoms with Crippen molar-refractivity contribution in [1.29, 1.82) is 0 Å². The second-order valence-electron chi connectivity index (χ2n) is 7.07. The summed E-state index contributed by atoms with van der Waals surface area (Å²) < 4.78 is 34.2. The average Bonchev–Trinajstić information content (AvgIpc) is 3.18. The Morgan fingerprint density at radius 2 is 2.14 bits per heavy atom. The summed E-state index contributed by atoms with van der Waals surface area (Å²) in [5.74, 6) is -0.626. The van der Waals surface area contributed by atoms with Crippen molar-refractivity contribution in [3.63, 3.8) is 0 Å². The van der Waals surface area contributed by atoms with Gasteiger partial charge in [0.1, 0.15) is 11.5 Å². The van der Waals surface area contributed by atoms with E-state index in [1.807, 2.05) is 0 Å². The van der Waals surface area contributed by atoms with Crippen LogP contribution in [0, 0.1) is 17.6 Å². The predicted molar refractivity (Wildman–Crippen MR) is 96.8 cm³/mol. The van der Waals surface area contributed by atoms with Gasteiger partial charge < -0.3 is 10.1 Å². The number of hydrogen-bond donors (Lipinski definition) is 1. The van der Waals surface area contributed by atoms with Gasteiger partial charge in [-0.1, -0.05) is 0 Å². The summed E-state index contributed by atoms with van der Waals surface area (Å²) in [5.41, 5.74) is 2.63. The molecule has 0 bridgehead atoms. The maximum atomic E-state index is 14.4. The maximum Gasteiger partial charge on any atom is 0.276 e. The zero-order valence-electron chi connectivity index (χ0n) is 14.9. The number of benzene rings is 1. The number of rotatable bonds is 4. The highest BCUT2D eigenvalue weighted by Gasteiger charge is 2.50. The summed E-state index contributed by atoms with van der Waals surface area (Å²) in [4.78, 5) is 16.9. The van der Waals surface area contributed by atoms with E-state index >= 15 is 0 Å². The van der Waals surface area contributed by atoms with Gasteiger partial charge in [0.05, 0.1) is 12.8 Å². The van der Waals surface area contributed by atoms with Crippen LogP contribution in [0.1, 0.15) is 34.1 Å². The van der Waals surface area contributed by atoms with Crippen LogP contribution in [-0.2, 0) is 6.42 Å². The van der Waals surface area contributed by atoms with Gasteiger partial charge in [-0.15, -0.1) is 0 Å². The van der Waals surface area contributed by atoms with Crippen molar-refractivity contribution >= 4 is 11.6 Å². The first-order valence-corrected chi connectivity index (χ1v) is 8.93. The Balaban J connectivity index is 1.54. The molecule has 3 aromatic rings. The minimum Gasteiger partial charge on any atom is -0.481 e. The third-order valence-electron chi connectivity index (χ3n) is 5.32. The lowest BCUT2D eigenvalue weighted by Gasteiger charge is -2.07. The van der Waals surface area contributed by atoms with E-state index in [4.69, 9.17) is 4.74 Å². The lowest BCUT2D eigenvalue weighted by Crippen LogP contribution is -2.15. The van der Waals surface area contributed by atoms with E-state index in [0.717, 1.165) is 30.2 Å². The number of fused-ring (bicyclic) bond motifs is 3. The molecule has 0 saturated heterocycles. The van der Waals surface area contributed by atoms with Crippen LogP contribution >= 0.6 is 0 Å². The van der Waals surface area contributed by atoms with Crippen LogP contribution in [0.25, 0.3) is 5.69 Å². The third-order valence-corrected chi connectivity index (χ3v) is 5.32. The molecule has 0 spiro atoms. The number of aromatic nitrogens is 3. The Labute approximate surface area is 159 Å². The van der Waals surface area contributed by atoms with Crippen molar-refractivity contribution in [3.8, 4) is 11.6 Å². The Kier molecular flexibility index (Phi) is 3.68. The van der Waals surface area contributed by atoms with Gasteiger partial charge in [0.15, 0.2) is 11.5 Å². The second kappa shape index (κ2) is 6.12.